The van der Waals surface area contributed by atoms with Gasteiger partial charge in [0.05, 0.1) is 13.2 Å². The normalized spacial score (nSPS) is 25.0. The number of carbonyl (C=O) groups is 2. The second-order valence-electron chi connectivity index (χ2n) is 3.36. The van der Waals surface area contributed by atoms with Crippen molar-refractivity contribution in [1.29, 1.82) is 0 Å². The fourth-order valence-corrected chi connectivity index (χ4v) is 0.840. The highest BCUT2D eigenvalue weighted by atomic mass is 16.6. The quantitative estimate of drug-likeness (QED) is 0.261. The Hall–Kier alpha value is -1.58. The van der Waals surface area contributed by atoms with E-state index in [2.05, 4.69) is 9.47 Å². The molecule has 0 radical (unpaired) electrons. The Labute approximate surface area is 91.8 Å². The second-order valence-corrected chi connectivity index (χ2v) is 3.36. The molecule has 0 aromatic carbocycles. The zero-order valence-electron chi connectivity index (χ0n) is 8.43. The standard InChI is InChI=1S/C10H10O6/c11-9(15-5-7-3-13-7)1-2-10(12)16-6-8-4-14-8/h7-8H,3-6H2. The Kier molecular flexibility index (Phi) is 3.39. The van der Waals surface area contributed by atoms with E-state index in [0.717, 1.165) is 0 Å². The summed E-state index contributed by atoms with van der Waals surface area (Å²) < 4.78 is 19.0. The van der Waals surface area contributed by atoms with Crippen molar-refractivity contribution in [3.05, 3.63) is 0 Å². The first-order valence-corrected chi connectivity index (χ1v) is 4.83. The predicted molar refractivity (Wildman–Crippen MR) is 49.2 cm³/mol. The van der Waals surface area contributed by atoms with Crippen LogP contribution in [0, 0.1) is 11.8 Å². The van der Waals surface area contributed by atoms with E-state index in [0.29, 0.717) is 13.2 Å². The number of epoxide rings is 2. The van der Waals surface area contributed by atoms with E-state index < -0.39 is 11.9 Å². The minimum Gasteiger partial charge on any atom is -0.453 e. The average Bonchev–Trinajstić information content (AvgIpc) is 3.15. The van der Waals surface area contributed by atoms with Gasteiger partial charge in [-0.25, -0.2) is 9.59 Å². The zero-order valence-corrected chi connectivity index (χ0v) is 8.43. The van der Waals surface area contributed by atoms with Crippen LogP contribution in [0.2, 0.25) is 0 Å². The van der Waals surface area contributed by atoms with Gasteiger partial charge in [0.15, 0.2) is 0 Å². The van der Waals surface area contributed by atoms with Crippen molar-refractivity contribution >= 4 is 11.9 Å². The van der Waals surface area contributed by atoms with Crippen molar-refractivity contribution in [2.45, 2.75) is 12.2 Å². The first-order valence-electron chi connectivity index (χ1n) is 4.83. The summed E-state index contributed by atoms with van der Waals surface area (Å²) in [5.41, 5.74) is 0. The average molecular weight is 226 g/mol. The van der Waals surface area contributed by atoms with E-state index >= 15 is 0 Å². The van der Waals surface area contributed by atoms with Crippen LogP contribution in [-0.4, -0.2) is 50.6 Å². The van der Waals surface area contributed by atoms with Gasteiger partial charge in [0.1, 0.15) is 25.4 Å². The summed E-state index contributed by atoms with van der Waals surface area (Å²) >= 11 is 0. The van der Waals surface area contributed by atoms with Gasteiger partial charge in [-0.3, -0.25) is 0 Å². The fraction of sp³-hybridized carbons (Fsp3) is 0.600. The Morgan fingerprint density at radius 2 is 1.38 bits per heavy atom. The Balaban J connectivity index is 1.61. The molecule has 0 saturated carbocycles. The topological polar surface area (TPSA) is 77.7 Å². The van der Waals surface area contributed by atoms with E-state index in [4.69, 9.17) is 9.47 Å². The van der Waals surface area contributed by atoms with Crippen LogP contribution in [0.5, 0.6) is 0 Å². The van der Waals surface area contributed by atoms with E-state index in [1.807, 2.05) is 11.8 Å². The molecule has 0 spiro atoms. The van der Waals surface area contributed by atoms with E-state index in [1.165, 1.54) is 0 Å². The molecule has 0 N–H and O–H groups in total. The summed E-state index contributed by atoms with van der Waals surface area (Å²) in [5.74, 6) is 2.55. The molecule has 86 valence electrons. The molecule has 2 aliphatic heterocycles. The molecule has 0 aromatic rings. The van der Waals surface area contributed by atoms with Crippen molar-refractivity contribution < 1.29 is 28.5 Å². The number of carbonyl (C=O) groups excluding carboxylic acids is 2. The van der Waals surface area contributed by atoms with Crippen LogP contribution in [-0.2, 0) is 28.5 Å². The van der Waals surface area contributed by atoms with Crippen LogP contribution in [0.3, 0.4) is 0 Å². The van der Waals surface area contributed by atoms with Crippen molar-refractivity contribution in [1.82, 2.24) is 0 Å². The minimum atomic E-state index is -0.755. The highest BCUT2D eigenvalue weighted by Gasteiger charge is 2.24. The molecule has 2 rings (SSSR count). The molecular formula is C10H10O6. The molecule has 0 aromatic heterocycles. The first-order chi connectivity index (χ1) is 7.74. The first kappa shape index (κ1) is 10.9. The summed E-state index contributed by atoms with van der Waals surface area (Å²) in [5, 5.41) is 0. The number of hydrogen-bond acceptors (Lipinski definition) is 6. The minimum absolute atomic E-state index is 0.00952. The third kappa shape index (κ3) is 4.29. The molecule has 2 aliphatic rings. The number of ether oxygens (including phenoxy) is 4. The zero-order chi connectivity index (χ0) is 11.4. The third-order valence-electron chi connectivity index (χ3n) is 1.87. The fourth-order valence-electron chi connectivity index (χ4n) is 0.840. The van der Waals surface area contributed by atoms with E-state index in [-0.39, 0.29) is 25.4 Å². The van der Waals surface area contributed by atoms with E-state index in [9.17, 15) is 9.59 Å². The van der Waals surface area contributed by atoms with E-state index in [1.54, 1.807) is 0 Å². The van der Waals surface area contributed by atoms with Gasteiger partial charge in [-0.2, -0.15) is 0 Å². The summed E-state index contributed by atoms with van der Waals surface area (Å²) in [7, 11) is 0. The van der Waals surface area contributed by atoms with Gasteiger partial charge in [0.2, 0.25) is 0 Å². The van der Waals surface area contributed by atoms with Gasteiger partial charge in [-0.05, 0) is 0 Å². The highest BCUT2D eigenvalue weighted by molar-refractivity contribution is 5.98. The summed E-state index contributed by atoms with van der Waals surface area (Å²) in [6.45, 7) is 1.56. The van der Waals surface area contributed by atoms with Gasteiger partial charge >= 0.3 is 11.9 Å². The smallest absolute Gasteiger partial charge is 0.385 e. The van der Waals surface area contributed by atoms with Crippen molar-refractivity contribution in [2.24, 2.45) is 0 Å². The van der Waals surface area contributed by atoms with Crippen LogP contribution in [0.15, 0.2) is 0 Å². The monoisotopic (exact) mass is 226 g/mol. The number of hydrogen-bond donors (Lipinski definition) is 0. The Morgan fingerprint density at radius 3 is 1.69 bits per heavy atom. The summed E-state index contributed by atoms with van der Waals surface area (Å²) in [4.78, 5) is 21.9. The Bertz CT molecular complexity index is 312. The maximum Gasteiger partial charge on any atom is 0.385 e. The number of esters is 2. The molecule has 2 heterocycles. The Morgan fingerprint density at radius 1 is 1.00 bits per heavy atom. The van der Waals surface area contributed by atoms with Crippen LogP contribution in [0.25, 0.3) is 0 Å². The molecule has 2 atom stereocenters. The van der Waals surface area contributed by atoms with Gasteiger partial charge in [0, 0.05) is 11.8 Å². The molecule has 0 amide bonds. The highest BCUT2D eigenvalue weighted by Crippen LogP contribution is 2.08. The number of rotatable bonds is 4. The van der Waals surface area contributed by atoms with Crippen molar-refractivity contribution in [2.75, 3.05) is 26.4 Å². The van der Waals surface area contributed by atoms with Crippen LogP contribution >= 0.6 is 0 Å². The third-order valence-corrected chi connectivity index (χ3v) is 1.87. The van der Waals surface area contributed by atoms with Crippen LogP contribution in [0.4, 0.5) is 0 Å². The van der Waals surface area contributed by atoms with Gasteiger partial charge < -0.3 is 18.9 Å². The molecule has 16 heavy (non-hydrogen) atoms. The lowest BCUT2D eigenvalue weighted by molar-refractivity contribution is -0.139. The van der Waals surface area contributed by atoms with Gasteiger partial charge in [0.25, 0.3) is 0 Å². The van der Waals surface area contributed by atoms with Gasteiger partial charge in [-0.15, -0.1) is 0 Å². The second kappa shape index (κ2) is 4.96. The van der Waals surface area contributed by atoms with Crippen LogP contribution in [0.1, 0.15) is 0 Å². The molecule has 0 bridgehead atoms. The molecule has 6 nitrogen and oxygen atoms in total. The van der Waals surface area contributed by atoms with Crippen molar-refractivity contribution in [3.63, 3.8) is 0 Å². The predicted octanol–water partition coefficient (Wildman–Crippen LogP) is -1.13. The molecule has 2 fully saturated rings. The molecule has 2 saturated heterocycles. The summed E-state index contributed by atoms with van der Waals surface area (Å²) in [6.07, 6.45) is -0.0190. The van der Waals surface area contributed by atoms with Gasteiger partial charge in [-0.1, -0.05) is 0 Å². The molecule has 0 aliphatic carbocycles. The lowest BCUT2D eigenvalue weighted by atomic mass is 10.5. The molecule has 2 unspecified atom stereocenters. The largest absolute Gasteiger partial charge is 0.453 e. The lowest BCUT2D eigenvalue weighted by Crippen LogP contribution is -2.10. The maximum atomic E-state index is 10.9. The lowest BCUT2D eigenvalue weighted by Gasteiger charge is -1.95. The SMILES string of the molecule is O=C(C#CC(=O)OCC1CO1)OCC1CO1. The summed E-state index contributed by atoms with van der Waals surface area (Å²) in [6, 6.07) is 0. The molecule has 6 heteroatoms. The van der Waals surface area contributed by atoms with Crippen molar-refractivity contribution in [3.8, 4) is 11.8 Å². The molecular weight excluding hydrogens is 216 g/mol. The van der Waals surface area contributed by atoms with Crippen LogP contribution < -0.4 is 0 Å². The maximum absolute atomic E-state index is 10.9.